The molecule has 0 aromatic heterocycles. The Hall–Kier alpha value is 0.440. The summed E-state index contributed by atoms with van der Waals surface area (Å²) in [5.74, 6) is 3.71. The van der Waals surface area contributed by atoms with E-state index >= 15 is 0 Å². The third-order valence-electron chi connectivity index (χ3n) is 0.986. The first-order valence-corrected chi connectivity index (χ1v) is 6.03. The zero-order chi connectivity index (χ0) is 7.82. The lowest BCUT2D eigenvalue weighted by Crippen LogP contribution is -1.85. The Kier molecular flexibility index (Phi) is 7.88. The maximum atomic E-state index is 3.85. The summed E-state index contributed by atoms with van der Waals surface area (Å²) in [6, 6.07) is 0. The molecule has 0 aromatic rings. The predicted octanol–water partition coefficient (Wildman–Crippen LogP) is 3.05. The molecule has 0 radical (unpaired) electrons. The third-order valence-corrected chi connectivity index (χ3v) is 2.96. The quantitative estimate of drug-likeness (QED) is 0.451. The van der Waals surface area contributed by atoms with E-state index in [4.69, 9.17) is 0 Å². The van der Waals surface area contributed by atoms with Crippen LogP contribution in [0.3, 0.4) is 0 Å². The molecule has 0 aliphatic heterocycles. The van der Waals surface area contributed by atoms with Gasteiger partial charge in [0.05, 0.1) is 0 Å². The van der Waals surface area contributed by atoms with Crippen molar-refractivity contribution in [3.8, 4) is 0 Å². The van der Waals surface area contributed by atoms with E-state index in [1.165, 1.54) is 23.5 Å². The minimum Gasteiger partial charge on any atom is -0.165 e. The van der Waals surface area contributed by atoms with E-state index in [-0.39, 0.29) is 0 Å². The Morgan fingerprint density at radius 3 is 2.60 bits per heavy atom. The van der Waals surface area contributed by atoms with Crippen molar-refractivity contribution in [3.63, 3.8) is 0 Å². The first-order chi connectivity index (χ1) is 4.77. The van der Waals surface area contributed by atoms with Crippen molar-refractivity contribution in [1.29, 1.82) is 0 Å². The topological polar surface area (TPSA) is 0 Å². The number of rotatable bonds is 6. The smallest absolute Gasteiger partial charge is 0.0137 e. The summed E-state index contributed by atoms with van der Waals surface area (Å²) < 4.78 is 0. The molecule has 10 heavy (non-hydrogen) atoms. The van der Waals surface area contributed by atoms with Gasteiger partial charge in [0.25, 0.3) is 0 Å². The summed E-state index contributed by atoms with van der Waals surface area (Å²) in [6.45, 7) is 5.93. The molecule has 0 nitrogen and oxygen atoms in total. The second kappa shape index (κ2) is 7.55. The van der Waals surface area contributed by atoms with E-state index in [1.54, 1.807) is 0 Å². The molecule has 0 saturated carbocycles. The van der Waals surface area contributed by atoms with Gasteiger partial charge in [0.1, 0.15) is 0 Å². The maximum Gasteiger partial charge on any atom is 0.0137 e. The normalized spacial score (nSPS) is 9.80. The minimum atomic E-state index is 1.13. The Labute approximate surface area is 72.9 Å². The molecule has 0 rings (SSSR count). The molecule has 60 valence electrons. The second-order valence-corrected chi connectivity index (χ2v) is 4.45. The molecule has 0 unspecified atom stereocenters. The summed E-state index contributed by atoms with van der Waals surface area (Å²) in [6.07, 6.45) is 3.49. The van der Waals surface area contributed by atoms with E-state index < -0.39 is 0 Å². The first-order valence-electron chi connectivity index (χ1n) is 3.48. The van der Waals surface area contributed by atoms with Gasteiger partial charge < -0.3 is 0 Å². The molecule has 0 bridgehead atoms. The Bertz CT molecular complexity index is 89.3. The summed E-state index contributed by atoms with van der Waals surface area (Å²) in [4.78, 5) is 0. The molecule has 0 aliphatic rings. The first kappa shape index (κ1) is 10.4. The van der Waals surface area contributed by atoms with Crippen molar-refractivity contribution in [2.24, 2.45) is 0 Å². The van der Waals surface area contributed by atoms with Gasteiger partial charge in [0.2, 0.25) is 0 Å². The number of hydrogen-bond donors (Lipinski definition) is 0. The molecular formula is C8H16S2. The van der Waals surface area contributed by atoms with E-state index in [1.807, 2.05) is 23.5 Å². The van der Waals surface area contributed by atoms with E-state index in [9.17, 15) is 0 Å². The van der Waals surface area contributed by atoms with Gasteiger partial charge in [-0.05, 0) is 31.1 Å². The van der Waals surface area contributed by atoms with Crippen LogP contribution in [0.25, 0.3) is 0 Å². The molecule has 0 saturated heterocycles. The molecule has 0 spiro atoms. The van der Waals surface area contributed by atoms with Crippen LogP contribution in [0.1, 0.15) is 13.3 Å². The second-order valence-electron chi connectivity index (χ2n) is 2.36. The standard InChI is InChI=1S/C8H16S2/c1-8(2)7-10-6-4-5-9-3/h1,4-7H2,2-3H3. The van der Waals surface area contributed by atoms with Gasteiger partial charge in [-0.3, -0.25) is 0 Å². The summed E-state index contributed by atoms with van der Waals surface area (Å²) in [5.41, 5.74) is 1.29. The fourth-order valence-electron chi connectivity index (χ4n) is 0.552. The number of hydrogen-bond acceptors (Lipinski definition) is 2. The molecule has 0 amide bonds. The van der Waals surface area contributed by atoms with E-state index in [0.29, 0.717) is 0 Å². The SMILES string of the molecule is C=C(C)CSCCCSC. The molecule has 0 heterocycles. The Balaban J connectivity index is 2.84. The zero-order valence-corrected chi connectivity index (χ0v) is 8.49. The van der Waals surface area contributed by atoms with Crippen LogP contribution in [-0.4, -0.2) is 23.5 Å². The van der Waals surface area contributed by atoms with Crippen LogP contribution >= 0.6 is 23.5 Å². The molecule has 2 heteroatoms. The highest BCUT2D eigenvalue weighted by Crippen LogP contribution is 2.08. The summed E-state index contributed by atoms with van der Waals surface area (Å²) in [5, 5.41) is 0. The van der Waals surface area contributed by atoms with Gasteiger partial charge in [0, 0.05) is 5.75 Å². The van der Waals surface area contributed by atoms with Crippen molar-refractivity contribution in [1.82, 2.24) is 0 Å². The zero-order valence-electron chi connectivity index (χ0n) is 6.85. The summed E-state index contributed by atoms with van der Waals surface area (Å²) >= 11 is 3.91. The van der Waals surface area contributed by atoms with Crippen LogP contribution in [0.4, 0.5) is 0 Å². The van der Waals surface area contributed by atoms with Crippen molar-refractivity contribution >= 4 is 23.5 Å². The molecular weight excluding hydrogens is 160 g/mol. The van der Waals surface area contributed by atoms with Crippen LogP contribution in [-0.2, 0) is 0 Å². The molecule has 0 N–H and O–H groups in total. The monoisotopic (exact) mass is 176 g/mol. The van der Waals surface area contributed by atoms with E-state index in [0.717, 1.165) is 5.75 Å². The summed E-state index contributed by atoms with van der Waals surface area (Å²) in [7, 11) is 0. The fourth-order valence-corrected chi connectivity index (χ4v) is 2.01. The van der Waals surface area contributed by atoms with Gasteiger partial charge in [-0.2, -0.15) is 23.5 Å². The number of thioether (sulfide) groups is 2. The minimum absolute atomic E-state index is 1.13. The van der Waals surface area contributed by atoms with Crippen LogP contribution in [0.15, 0.2) is 12.2 Å². The van der Waals surface area contributed by atoms with Crippen LogP contribution in [0.5, 0.6) is 0 Å². The van der Waals surface area contributed by atoms with Crippen LogP contribution in [0.2, 0.25) is 0 Å². The van der Waals surface area contributed by atoms with Crippen molar-refractivity contribution < 1.29 is 0 Å². The average molecular weight is 176 g/mol. The fraction of sp³-hybridized carbons (Fsp3) is 0.750. The Morgan fingerprint density at radius 2 is 2.10 bits per heavy atom. The predicted molar refractivity (Wildman–Crippen MR) is 55.1 cm³/mol. The highest BCUT2D eigenvalue weighted by atomic mass is 32.2. The largest absolute Gasteiger partial charge is 0.165 e. The molecule has 0 aromatic carbocycles. The Morgan fingerprint density at radius 1 is 1.40 bits per heavy atom. The van der Waals surface area contributed by atoms with Gasteiger partial charge in [-0.25, -0.2) is 0 Å². The lowest BCUT2D eigenvalue weighted by Gasteiger charge is -1.98. The molecule has 0 aliphatic carbocycles. The van der Waals surface area contributed by atoms with Gasteiger partial charge in [-0.15, -0.1) is 0 Å². The van der Waals surface area contributed by atoms with Crippen LogP contribution in [0, 0.1) is 0 Å². The lowest BCUT2D eigenvalue weighted by molar-refractivity contribution is 1.12. The van der Waals surface area contributed by atoms with E-state index in [2.05, 4.69) is 19.8 Å². The van der Waals surface area contributed by atoms with Crippen molar-refractivity contribution in [2.75, 3.05) is 23.5 Å². The highest BCUT2D eigenvalue weighted by Gasteiger charge is 1.88. The average Bonchev–Trinajstić information content (AvgIpc) is 1.87. The van der Waals surface area contributed by atoms with Gasteiger partial charge in [-0.1, -0.05) is 12.2 Å². The lowest BCUT2D eigenvalue weighted by atomic mass is 10.4. The molecule has 0 fully saturated rings. The van der Waals surface area contributed by atoms with Crippen molar-refractivity contribution in [3.05, 3.63) is 12.2 Å². The third kappa shape index (κ3) is 8.44. The van der Waals surface area contributed by atoms with Gasteiger partial charge in [0.15, 0.2) is 0 Å². The van der Waals surface area contributed by atoms with Crippen LogP contribution < -0.4 is 0 Å². The van der Waals surface area contributed by atoms with Crippen molar-refractivity contribution in [2.45, 2.75) is 13.3 Å². The highest BCUT2D eigenvalue weighted by molar-refractivity contribution is 7.99. The maximum absolute atomic E-state index is 3.85. The van der Waals surface area contributed by atoms with Gasteiger partial charge >= 0.3 is 0 Å². The molecule has 0 atom stereocenters.